The Hall–Kier alpha value is -4.19. The number of aromatic nitrogens is 1. The largest absolute Gasteiger partial charge is 0.444 e. The minimum Gasteiger partial charge on any atom is -0.444 e. The molecule has 0 aliphatic rings. The number of hydrogen-bond acceptors (Lipinski definition) is 4. The lowest BCUT2D eigenvalue weighted by molar-refractivity contribution is 0.0635. The molecule has 1 heterocycles. The quantitative estimate of drug-likeness (QED) is 0.380. The molecule has 3 aromatic carbocycles. The zero-order valence-electron chi connectivity index (χ0n) is 18.8. The molecule has 6 heteroatoms. The van der Waals surface area contributed by atoms with E-state index < -0.39 is 11.7 Å². The molecule has 0 atom stereocenters. The van der Waals surface area contributed by atoms with E-state index in [0.717, 1.165) is 22.0 Å². The predicted molar refractivity (Wildman–Crippen MR) is 131 cm³/mol. The Balaban J connectivity index is 1.52. The van der Waals surface area contributed by atoms with Crippen LogP contribution in [0.5, 0.6) is 0 Å². The lowest BCUT2D eigenvalue weighted by Gasteiger charge is -2.20. The van der Waals surface area contributed by atoms with Gasteiger partial charge in [0.1, 0.15) is 5.60 Å². The van der Waals surface area contributed by atoms with Gasteiger partial charge in [0.25, 0.3) is 5.91 Å². The first-order chi connectivity index (χ1) is 15.8. The summed E-state index contributed by atoms with van der Waals surface area (Å²) in [6, 6.07) is 24.3. The van der Waals surface area contributed by atoms with Crippen molar-refractivity contribution in [2.75, 3.05) is 10.6 Å². The average molecular weight is 440 g/mol. The summed E-state index contributed by atoms with van der Waals surface area (Å²) in [7, 11) is 0. The molecule has 4 aromatic rings. The van der Waals surface area contributed by atoms with E-state index in [1.807, 2.05) is 42.5 Å². The third kappa shape index (κ3) is 5.36. The maximum absolute atomic E-state index is 12.9. The summed E-state index contributed by atoms with van der Waals surface area (Å²) >= 11 is 0. The van der Waals surface area contributed by atoms with Crippen LogP contribution in [0.25, 0.3) is 22.0 Å². The Kier molecular flexibility index (Phi) is 6.09. The van der Waals surface area contributed by atoms with Gasteiger partial charge in [-0.25, -0.2) is 4.79 Å². The highest BCUT2D eigenvalue weighted by Crippen LogP contribution is 2.28. The molecule has 0 bridgehead atoms. The van der Waals surface area contributed by atoms with Crippen molar-refractivity contribution < 1.29 is 14.3 Å². The second-order valence-electron chi connectivity index (χ2n) is 8.58. The van der Waals surface area contributed by atoms with Gasteiger partial charge in [0.05, 0.1) is 16.9 Å². The van der Waals surface area contributed by atoms with E-state index in [-0.39, 0.29) is 5.91 Å². The predicted octanol–water partition coefficient (Wildman–Crippen LogP) is 6.50. The number of para-hydroxylation sites is 3. The molecule has 0 unspecified atom stereocenters. The van der Waals surface area contributed by atoms with Crippen molar-refractivity contribution in [3.63, 3.8) is 0 Å². The number of amides is 2. The van der Waals surface area contributed by atoms with Gasteiger partial charge in [-0.1, -0.05) is 48.5 Å². The van der Waals surface area contributed by atoms with Crippen LogP contribution in [0.3, 0.4) is 0 Å². The van der Waals surface area contributed by atoms with Crippen LogP contribution in [0.1, 0.15) is 31.1 Å². The third-order valence-electron chi connectivity index (χ3n) is 4.90. The molecule has 0 fully saturated rings. The second-order valence-corrected chi connectivity index (χ2v) is 8.58. The normalized spacial score (nSPS) is 11.1. The number of hydrogen-bond donors (Lipinski definition) is 2. The van der Waals surface area contributed by atoms with Crippen molar-refractivity contribution in [2.24, 2.45) is 0 Å². The first kappa shape index (κ1) is 22.0. The number of fused-ring (bicyclic) bond motifs is 1. The first-order valence-electron chi connectivity index (χ1n) is 10.6. The molecule has 33 heavy (non-hydrogen) atoms. The fourth-order valence-electron chi connectivity index (χ4n) is 3.45. The standard InChI is InChI=1S/C27H25N3O3/c1-27(2,3)33-26(32)30-23-12-5-4-11-22(23)29-25(31)20-15-13-18(14-16-20)21-10-6-8-19-9-7-17-28-24(19)21/h4-17H,1-3H3,(H,29,31)(H,30,32). The number of carbonyl (C=O) groups excluding carboxylic acids is 2. The number of ether oxygens (including phenoxy) is 1. The highest BCUT2D eigenvalue weighted by molar-refractivity contribution is 6.07. The number of benzene rings is 3. The van der Waals surface area contributed by atoms with Crippen molar-refractivity contribution >= 4 is 34.3 Å². The lowest BCUT2D eigenvalue weighted by Crippen LogP contribution is -2.27. The molecule has 166 valence electrons. The topological polar surface area (TPSA) is 80.3 Å². The smallest absolute Gasteiger partial charge is 0.412 e. The van der Waals surface area contributed by atoms with E-state index in [2.05, 4.69) is 15.6 Å². The maximum atomic E-state index is 12.9. The first-order valence-corrected chi connectivity index (χ1v) is 10.6. The van der Waals surface area contributed by atoms with E-state index in [1.165, 1.54) is 0 Å². The molecule has 1 aromatic heterocycles. The maximum Gasteiger partial charge on any atom is 0.412 e. The van der Waals surface area contributed by atoms with Crippen molar-refractivity contribution in [1.82, 2.24) is 4.98 Å². The van der Waals surface area contributed by atoms with Crippen LogP contribution < -0.4 is 10.6 Å². The van der Waals surface area contributed by atoms with Gasteiger partial charge >= 0.3 is 6.09 Å². The number of carbonyl (C=O) groups is 2. The molecule has 0 spiro atoms. The number of nitrogens with one attached hydrogen (secondary N) is 2. The number of pyridine rings is 1. The van der Waals surface area contributed by atoms with E-state index in [9.17, 15) is 9.59 Å². The third-order valence-corrected chi connectivity index (χ3v) is 4.90. The summed E-state index contributed by atoms with van der Waals surface area (Å²) in [5.74, 6) is -0.281. The summed E-state index contributed by atoms with van der Waals surface area (Å²) < 4.78 is 5.30. The van der Waals surface area contributed by atoms with Crippen LogP contribution in [0.4, 0.5) is 16.2 Å². The molecule has 0 radical (unpaired) electrons. The molecule has 0 aliphatic heterocycles. The fourth-order valence-corrected chi connectivity index (χ4v) is 3.45. The van der Waals surface area contributed by atoms with Crippen LogP contribution in [-0.4, -0.2) is 22.6 Å². The molecule has 4 rings (SSSR count). The van der Waals surface area contributed by atoms with Crippen LogP contribution >= 0.6 is 0 Å². The molecule has 0 saturated carbocycles. The molecular formula is C27H25N3O3. The number of rotatable bonds is 4. The van der Waals surface area contributed by atoms with Gasteiger partial charge in [-0.2, -0.15) is 0 Å². The van der Waals surface area contributed by atoms with E-state index >= 15 is 0 Å². The van der Waals surface area contributed by atoms with Crippen molar-refractivity contribution in [1.29, 1.82) is 0 Å². The summed E-state index contributed by atoms with van der Waals surface area (Å²) in [6.07, 6.45) is 1.19. The highest BCUT2D eigenvalue weighted by Gasteiger charge is 2.18. The van der Waals surface area contributed by atoms with Crippen LogP contribution in [0.2, 0.25) is 0 Å². The minimum absolute atomic E-state index is 0.281. The van der Waals surface area contributed by atoms with Crippen molar-refractivity contribution in [3.8, 4) is 11.1 Å². The Labute approximate surface area is 192 Å². The van der Waals surface area contributed by atoms with Gasteiger partial charge in [0.15, 0.2) is 0 Å². The molecule has 2 N–H and O–H groups in total. The minimum atomic E-state index is -0.621. The molecule has 0 aliphatic carbocycles. The van der Waals surface area contributed by atoms with Gasteiger partial charge in [-0.3, -0.25) is 15.1 Å². The second kappa shape index (κ2) is 9.12. The summed E-state index contributed by atoms with van der Waals surface area (Å²) in [5, 5.41) is 6.61. The van der Waals surface area contributed by atoms with E-state index in [0.29, 0.717) is 16.9 Å². The fraction of sp³-hybridized carbons (Fsp3) is 0.148. The van der Waals surface area contributed by atoms with E-state index in [1.54, 1.807) is 63.4 Å². The summed E-state index contributed by atoms with van der Waals surface area (Å²) in [6.45, 7) is 5.37. The molecule has 6 nitrogen and oxygen atoms in total. The number of nitrogens with zero attached hydrogens (tertiary/aromatic N) is 1. The van der Waals surface area contributed by atoms with Crippen LogP contribution in [-0.2, 0) is 4.74 Å². The summed E-state index contributed by atoms with van der Waals surface area (Å²) in [4.78, 5) is 29.5. The zero-order chi connectivity index (χ0) is 23.4. The zero-order valence-corrected chi connectivity index (χ0v) is 18.8. The Morgan fingerprint density at radius 3 is 2.15 bits per heavy atom. The highest BCUT2D eigenvalue weighted by atomic mass is 16.6. The van der Waals surface area contributed by atoms with Gasteiger partial charge in [0.2, 0.25) is 0 Å². The Bertz CT molecular complexity index is 1300. The average Bonchev–Trinajstić information content (AvgIpc) is 2.79. The summed E-state index contributed by atoms with van der Waals surface area (Å²) in [5.41, 5.74) is 3.71. The van der Waals surface area contributed by atoms with Gasteiger partial charge in [-0.15, -0.1) is 0 Å². The van der Waals surface area contributed by atoms with Gasteiger partial charge < -0.3 is 10.1 Å². The van der Waals surface area contributed by atoms with Crippen molar-refractivity contribution in [2.45, 2.75) is 26.4 Å². The van der Waals surface area contributed by atoms with Crippen LogP contribution in [0, 0.1) is 0 Å². The van der Waals surface area contributed by atoms with Gasteiger partial charge in [-0.05, 0) is 56.7 Å². The Morgan fingerprint density at radius 1 is 0.788 bits per heavy atom. The van der Waals surface area contributed by atoms with E-state index in [4.69, 9.17) is 4.74 Å². The monoisotopic (exact) mass is 439 g/mol. The van der Waals surface area contributed by atoms with Crippen LogP contribution in [0.15, 0.2) is 85.1 Å². The molecular weight excluding hydrogens is 414 g/mol. The number of anilines is 2. The SMILES string of the molecule is CC(C)(C)OC(=O)Nc1ccccc1NC(=O)c1ccc(-c2cccc3cccnc23)cc1. The lowest BCUT2D eigenvalue weighted by atomic mass is 10.0. The molecule has 0 saturated heterocycles. The Morgan fingerprint density at radius 2 is 1.45 bits per heavy atom. The van der Waals surface area contributed by atoms with Crippen molar-refractivity contribution in [3.05, 3.63) is 90.6 Å². The molecule has 2 amide bonds. The van der Waals surface area contributed by atoms with Gasteiger partial charge in [0, 0.05) is 22.7 Å².